The predicted octanol–water partition coefficient (Wildman–Crippen LogP) is 4.28. The summed E-state index contributed by atoms with van der Waals surface area (Å²) in [5.74, 6) is -1.01. The molecule has 0 aliphatic carbocycles. The predicted molar refractivity (Wildman–Crippen MR) is 129 cm³/mol. The monoisotopic (exact) mass is 441 g/mol. The molecule has 0 spiro atoms. The highest BCUT2D eigenvalue weighted by molar-refractivity contribution is 6.10. The van der Waals surface area contributed by atoms with Gasteiger partial charge < -0.3 is 15.5 Å². The van der Waals surface area contributed by atoms with Crippen LogP contribution in [0.1, 0.15) is 27.9 Å². The van der Waals surface area contributed by atoms with Crippen molar-refractivity contribution in [3.63, 3.8) is 0 Å². The molecule has 6 heteroatoms. The number of nitrogens with one attached hydrogen (secondary N) is 2. The highest BCUT2D eigenvalue weighted by Gasteiger charge is 2.34. The molecule has 1 aliphatic rings. The van der Waals surface area contributed by atoms with E-state index in [1.54, 1.807) is 29.2 Å². The van der Waals surface area contributed by atoms with Crippen molar-refractivity contribution in [2.75, 3.05) is 23.7 Å². The minimum absolute atomic E-state index is 0.0171. The summed E-state index contributed by atoms with van der Waals surface area (Å²) in [6.45, 7) is 2.92. The summed E-state index contributed by atoms with van der Waals surface area (Å²) < 4.78 is 0. The number of benzene rings is 3. The largest absolute Gasteiger partial charge is 0.342 e. The molecule has 0 aromatic heterocycles. The van der Waals surface area contributed by atoms with Crippen LogP contribution < -0.4 is 10.6 Å². The molecule has 1 heterocycles. The Morgan fingerprint density at radius 2 is 1.70 bits per heavy atom. The Bertz CT molecular complexity index is 1160. The summed E-state index contributed by atoms with van der Waals surface area (Å²) >= 11 is 0. The summed E-state index contributed by atoms with van der Waals surface area (Å²) in [6.07, 6.45) is 0.932. The van der Waals surface area contributed by atoms with Crippen LogP contribution in [0.4, 0.5) is 11.4 Å². The lowest BCUT2D eigenvalue weighted by molar-refractivity contribution is -0.128. The van der Waals surface area contributed by atoms with Crippen molar-refractivity contribution in [2.45, 2.75) is 19.8 Å². The number of likely N-dealkylation sites (tertiary alicyclic amines) is 1. The molecule has 1 aliphatic heterocycles. The van der Waals surface area contributed by atoms with E-state index < -0.39 is 5.92 Å². The fourth-order valence-electron chi connectivity index (χ4n) is 4.02. The van der Waals surface area contributed by atoms with Gasteiger partial charge in [0.2, 0.25) is 11.8 Å². The molecule has 0 bridgehead atoms. The average molecular weight is 442 g/mol. The number of hydrogen-bond donors (Lipinski definition) is 2. The number of amides is 3. The van der Waals surface area contributed by atoms with Crippen LogP contribution in [-0.4, -0.2) is 35.7 Å². The van der Waals surface area contributed by atoms with Gasteiger partial charge in [-0.1, -0.05) is 54.6 Å². The molecule has 0 radical (unpaired) electrons. The van der Waals surface area contributed by atoms with Crippen LogP contribution in [0.25, 0.3) is 0 Å². The van der Waals surface area contributed by atoms with Crippen molar-refractivity contribution in [1.82, 2.24) is 4.90 Å². The van der Waals surface area contributed by atoms with E-state index >= 15 is 0 Å². The Hall–Kier alpha value is -3.93. The zero-order chi connectivity index (χ0) is 23.2. The van der Waals surface area contributed by atoms with Gasteiger partial charge in [0.1, 0.15) is 0 Å². The Morgan fingerprint density at radius 1 is 0.939 bits per heavy atom. The van der Waals surface area contributed by atoms with Crippen LogP contribution in [0.15, 0.2) is 78.9 Å². The lowest BCUT2D eigenvalue weighted by Crippen LogP contribution is -2.30. The van der Waals surface area contributed by atoms with Crippen LogP contribution in [0.5, 0.6) is 0 Å². The molecule has 0 saturated carbocycles. The Balaban J connectivity index is 1.38. The van der Waals surface area contributed by atoms with Crippen molar-refractivity contribution in [3.8, 4) is 0 Å². The molecule has 4 rings (SSSR count). The molecule has 3 amide bonds. The maximum atomic E-state index is 12.9. The molecule has 1 fully saturated rings. The zero-order valence-corrected chi connectivity index (χ0v) is 18.6. The lowest BCUT2D eigenvalue weighted by Gasteiger charge is -2.17. The van der Waals surface area contributed by atoms with Crippen LogP contribution in [0.3, 0.4) is 0 Å². The second-order valence-corrected chi connectivity index (χ2v) is 8.33. The van der Waals surface area contributed by atoms with E-state index in [0.29, 0.717) is 30.0 Å². The van der Waals surface area contributed by atoms with Gasteiger partial charge in [-0.05, 0) is 48.7 Å². The third-order valence-corrected chi connectivity index (χ3v) is 5.80. The fraction of sp³-hybridized carbons (Fsp3) is 0.222. The van der Waals surface area contributed by atoms with E-state index in [0.717, 1.165) is 17.5 Å². The molecule has 0 unspecified atom stereocenters. The van der Waals surface area contributed by atoms with Gasteiger partial charge >= 0.3 is 0 Å². The van der Waals surface area contributed by atoms with Gasteiger partial charge in [-0.25, -0.2) is 0 Å². The minimum Gasteiger partial charge on any atom is -0.342 e. The molecule has 3 aromatic carbocycles. The molecule has 2 N–H and O–H groups in total. The lowest BCUT2D eigenvalue weighted by atomic mass is 10.1. The van der Waals surface area contributed by atoms with Crippen molar-refractivity contribution in [3.05, 3.63) is 95.6 Å². The van der Waals surface area contributed by atoms with Gasteiger partial charge in [-0.2, -0.15) is 0 Å². The Labute approximate surface area is 193 Å². The molecule has 3 aromatic rings. The third-order valence-electron chi connectivity index (χ3n) is 5.80. The standard InChI is InChI=1S/C27H27N3O3/c1-19-8-7-11-22(16-19)28-27(33)23-12-5-6-13-24(23)29-26(32)21-17-25(31)30(18-21)15-14-20-9-3-2-4-10-20/h2-13,16,21H,14-15,17-18H2,1H3,(H,28,33)(H,29,32)/t21-/m0/s1. The first kappa shape index (κ1) is 22.3. The maximum Gasteiger partial charge on any atom is 0.257 e. The third kappa shape index (κ3) is 5.66. The van der Waals surface area contributed by atoms with Crippen LogP contribution >= 0.6 is 0 Å². The first-order valence-corrected chi connectivity index (χ1v) is 11.1. The molecular formula is C27H27N3O3. The summed E-state index contributed by atoms with van der Waals surface area (Å²) in [5.41, 5.74) is 3.70. The fourth-order valence-corrected chi connectivity index (χ4v) is 4.02. The van der Waals surface area contributed by atoms with Crippen molar-refractivity contribution >= 4 is 29.1 Å². The van der Waals surface area contributed by atoms with Crippen molar-refractivity contribution in [2.24, 2.45) is 5.92 Å². The molecule has 33 heavy (non-hydrogen) atoms. The van der Waals surface area contributed by atoms with E-state index in [9.17, 15) is 14.4 Å². The van der Waals surface area contributed by atoms with E-state index in [2.05, 4.69) is 10.6 Å². The number of hydrogen-bond acceptors (Lipinski definition) is 3. The summed E-state index contributed by atoms with van der Waals surface area (Å²) in [7, 11) is 0. The summed E-state index contributed by atoms with van der Waals surface area (Å²) in [6, 6.07) is 24.4. The molecule has 6 nitrogen and oxygen atoms in total. The van der Waals surface area contributed by atoms with E-state index in [1.807, 2.05) is 61.5 Å². The van der Waals surface area contributed by atoms with Gasteiger partial charge in [0, 0.05) is 25.2 Å². The molecular weight excluding hydrogens is 414 g/mol. The van der Waals surface area contributed by atoms with Crippen molar-refractivity contribution < 1.29 is 14.4 Å². The molecule has 1 saturated heterocycles. The summed E-state index contributed by atoms with van der Waals surface area (Å²) in [5, 5.41) is 5.74. The smallest absolute Gasteiger partial charge is 0.257 e. The van der Waals surface area contributed by atoms with Crippen LogP contribution in [0.2, 0.25) is 0 Å². The van der Waals surface area contributed by atoms with Crippen LogP contribution in [0, 0.1) is 12.8 Å². The number of carbonyl (C=O) groups is 3. The van der Waals surface area contributed by atoms with Gasteiger partial charge in [-0.15, -0.1) is 0 Å². The second kappa shape index (κ2) is 10.1. The number of anilines is 2. The SMILES string of the molecule is Cc1cccc(NC(=O)c2ccccc2NC(=O)[C@H]2CC(=O)N(CCc3ccccc3)C2)c1. The van der Waals surface area contributed by atoms with E-state index in [4.69, 9.17) is 0 Å². The first-order valence-electron chi connectivity index (χ1n) is 11.1. The van der Waals surface area contributed by atoms with Crippen LogP contribution in [-0.2, 0) is 16.0 Å². The first-order chi connectivity index (χ1) is 16.0. The summed E-state index contributed by atoms with van der Waals surface area (Å²) in [4.78, 5) is 40.0. The quantitative estimate of drug-likeness (QED) is 0.575. The number of nitrogens with zero attached hydrogens (tertiary/aromatic N) is 1. The van der Waals surface area contributed by atoms with Gasteiger partial charge in [0.05, 0.1) is 17.2 Å². The Kier molecular flexibility index (Phi) is 6.83. The molecule has 168 valence electrons. The van der Waals surface area contributed by atoms with Gasteiger partial charge in [-0.3, -0.25) is 14.4 Å². The van der Waals surface area contributed by atoms with Crippen molar-refractivity contribution in [1.29, 1.82) is 0 Å². The topological polar surface area (TPSA) is 78.5 Å². The zero-order valence-electron chi connectivity index (χ0n) is 18.6. The van der Waals surface area contributed by atoms with Gasteiger partial charge in [0.25, 0.3) is 5.91 Å². The van der Waals surface area contributed by atoms with Gasteiger partial charge in [0.15, 0.2) is 0 Å². The minimum atomic E-state index is -0.443. The molecule has 1 atom stereocenters. The normalized spacial score (nSPS) is 15.4. The van der Waals surface area contributed by atoms with E-state index in [1.165, 1.54) is 0 Å². The average Bonchev–Trinajstić information content (AvgIpc) is 3.19. The number of rotatable bonds is 7. The number of carbonyl (C=O) groups excluding carboxylic acids is 3. The highest BCUT2D eigenvalue weighted by atomic mass is 16.2. The Morgan fingerprint density at radius 3 is 2.48 bits per heavy atom. The maximum absolute atomic E-state index is 12.9. The number of para-hydroxylation sites is 1. The van der Waals surface area contributed by atoms with E-state index in [-0.39, 0.29) is 24.1 Å². The second-order valence-electron chi connectivity index (χ2n) is 8.33. The highest BCUT2D eigenvalue weighted by Crippen LogP contribution is 2.23. The number of aryl methyl sites for hydroxylation is 1.